The van der Waals surface area contributed by atoms with Crippen LogP contribution in [0.15, 0.2) is 30.5 Å². The highest BCUT2D eigenvalue weighted by Gasteiger charge is 2.14. The zero-order valence-corrected chi connectivity index (χ0v) is 9.95. The van der Waals surface area contributed by atoms with Crippen molar-refractivity contribution < 1.29 is 9.18 Å². The third-order valence-electron chi connectivity index (χ3n) is 2.24. The fraction of sp³-hybridized carbons (Fsp3) is 0.182. The highest BCUT2D eigenvalue weighted by Crippen LogP contribution is 2.08. The minimum atomic E-state index is -0.307. The van der Waals surface area contributed by atoms with E-state index in [0.29, 0.717) is 12.2 Å². The first-order valence-corrected chi connectivity index (χ1v) is 5.67. The van der Waals surface area contributed by atoms with Gasteiger partial charge in [0.1, 0.15) is 5.82 Å². The number of nitrogens with zero attached hydrogens (tertiary/aromatic N) is 3. The van der Waals surface area contributed by atoms with Gasteiger partial charge in [0, 0.05) is 13.6 Å². The summed E-state index contributed by atoms with van der Waals surface area (Å²) in [5.74, 6) is -0.526. The summed E-state index contributed by atoms with van der Waals surface area (Å²) in [5, 5.41) is 0. The molecule has 0 fully saturated rings. The molecule has 0 saturated carbocycles. The summed E-state index contributed by atoms with van der Waals surface area (Å²) < 4.78 is 20.6. The molecule has 0 aliphatic rings. The van der Waals surface area contributed by atoms with Crippen LogP contribution in [0, 0.1) is 5.82 Å². The van der Waals surface area contributed by atoms with Gasteiger partial charge in [-0.05, 0) is 17.7 Å². The third kappa shape index (κ3) is 2.85. The van der Waals surface area contributed by atoms with Gasteiger partial charge in [-0.25, -0.2) is 4.39 Å². The van der Waals surface area contributed by atoms with Crippen LogP contribution >= 0.6 is 11.7 Å². The molecule has 2 rings (SSSR count). The standard InChI is InChI=1S/C11H10FN3OS/c1-15(11(16)10-6-13-17-14-10)7-8-3-2-4-9(12)5-8/h2-6H,7H2,1H3. The summed E-state index contributed by atoms with van der Waals surface area (Å²) in [5.41, 5.74) is 1.05. The Morgan fingerprint density at radius 1 is 1.53 bits per heavy atom. The zero-order valence-electron chi connectivity index (χ0n) is 9.13. The van der Waals surface area contributed by atoms with Crippen molar-refractivity contribution in [3.8, 4) is 0 Å². The molecule has 1 heterocycles. The van der Waals surface area contributed by atoms with Gasteiger partial charge in [0.2, 0.25) is 0 Å². The van der Waals surface area contributed by atoms with E-state index in [1.54, 1.807) is 19.2 Å². The van der Waals surface area contributed by atoms with Crippen LogP contribution in [-0.2, 0) is 6.54 Å². The van der Waals surface area contributed by atoms with E-state index in [1.165, 1.54) is 23.2 Å². The molecule has 0 unspecified atom stereocenters. The van der Waals surface area contributed by atoms with E-state index in [2.05, 4.69) is 8.75 Å². The molecule has 0 radical (unpaired) electrons. The Morgan fingerprint density at radius 3 is 3.00 bits per heavy atom. The predicted octanol–water partition coefficient (Wildman–Crippen LogP) is 1.95. The number of carbonyl (C=O) groups is 1. The Balaban J connectivity index is 2.07. The van der Waals surface area contributed by atoms with Crippen molar-refractivity contribution in [1.29, 1.82) is 0 Å². The largest absolute Gasteiger partial charge is 0.336 e. The van der Waals surface area contributed by atoms with E-state index in [0.717, 1.165) is 17.3 Å². The molecule has 0 spiro atoms. The second kappa shape index (κ2) is 5.01. The lowest BCUT2D eigenvalue weighted by Crippen LogP contribution is -2.26. The number of benzene rings is 1. The molecular formula is C11H10FN3OS. The Bertz CT molecular complexity index is 515. The number of aromatic nitrogens is 2. The van der Waals surface area contributed by atoms with Crippen molar-refractivity contribution in [3.63, 3.8) is 0 Å². The summed E-state index contributed by atoms with van der Waals surface area (Å²) in [4.78, 5) is 13.3. The van der Waals surface area contributed by atoms with Crippen molar-refractivity contribution >= 4 is 17.6 Å². The maximum absolute atomic E-state index is 13.0. The quantitative estimate of drug-likeness (QED) is 0.837. The van der Waals surface area contributed by atoms with Crippen LogP contribution in [0.1, 0.15) is 16.1 Å². The number of hydrogen-bond donors (Lipinski definition) is 0. The molecule has 0 aliphatic carbocycles. The van der Waals surface area contributed by atoms with E-state index < -0.39 is 0 Å². The van der Waals surface area contributed by atoms with Crippen LogP contribution in [-0.4, -0.2) is 26.6 Å². The fourth-order valence-electron chi connectivity index (χ4n) is 1.44. The van der Waals surface area contributed by atoms with Crippen molar-refractivity contribution in [1.82, 2.24) is 13.6 Å². The molecule has 17 heavy (non-hydrogen) atoms. The Morgan fingerprint density at radius 2 is 2.35 bits per heavy atom. The molecule has 1 aromatic heterocycles. The summed E-state index contributed by atoms with van der Waals surface area (Å²) in [7, 11) is 1.65. The summed E-state index contributed by atoms with van der Waals surface area (Å²) in [6.07, 6.45) is 1.43. The predicted molar refractivity (Wildman–Crippen MR) is 62.1 cm³/mol. The highest BCUT2D eigenvalue weighted by atomic mass is 32.1. The van der Waals surface area contributed by atoms with Crippen LogP contribution in [0.4, 0.5) is 4.39 Å². The highest BCUT2D eigenvalue weighted by molar-refractivity contribution is 6.99. The van der Waals surface area contributed by atoms with Crippen LogP contribution in [0.2, 0.25) is 0 Å². The Kier molecular flexibility index (Phi) is 3.43. The van der Waals surface area contributed by atoms with Crippen molar-refractivity contribution in [2.45, 2.75) is 6.54 Å². The van der Waals surface area contributed by atoms with Gasteiger partial charge in [0.05, 0.1) is 17.9 Å². The van der Waals surface area contributed by atoms with Gasteiger partial charge in [-0.3, -0.25) is 4.79 Å². The number of carbonyl (C=O) groups excluding carboxylic acids is 1. The summed E-state index contributed by atoms with van der Waals surface area (Å²) in [6.45, 7) is 0.341. The first kappa shape index (κ1) is 11.7. The van der Waals surface area contributed by atoms with Gasteiger partial charge in [0.15, 0.2) is 5.69 Å². The second-order valence-electron chi connectivity index (χ2n) is 3.58. The number of amides is 1. The lowest BCUT2D eigenvalue weighted by molar-refractivity contribution is 0.0780. The van der Waals surface area contributed by atoms with Crippen molar-refractivity contribution in [2.24, 2.45) is 0 Å². The third-order valence-corrected chi connectivity index (χ3v) is 2.71. The smallest absolute Gasteiger partial charge is 0.275 e. The van der Waals surface area contributed by atoms with E-state index in [-0.39, 0.29) is 11.7 Å². The molecule has 0 N–H and O–H groups in total. The van der Waals surface area contributed by atoms with E-state index in [4.69, 9.17) is 0 Å². The van der Waals surface area contributed by atoms with Gasteiger partial charge in [-0.15, -0.1) is 0 Å². The number of hydrogen-bond acceptors (Lipinski definition) is 4. The normalized spacial score (nSPS) is 10.2. The molecule has 0 aliphatic heterocycles. The minimum Gasteiger partial charge on any atom is -0.336 e. The SMILES string of the molecule is CN(Cc1cccc(F)c1)C(=O)c1cnsn1. The Hall–Kier alpha value is -1.82. The lowest BCUT2D eigenvalue weighted by Gasteiger charge is -2.15. The second-order valence-corrected chi connectivity index (χ2v) is 4.14. The van der Waals surface area contributed by atoms with Crippen LogP contribution in [0.5, 0.6) is 0 Å². The van der Waals surface area contributed by atoms with Gasteiger partial charge in [0.25, 0.3) is 5.91 Å². The summed E-state index contributed by atoms with van der Waals surface area (Å²) in [6, 6.07) is 6.16. The average Bonchev–Trinajstić information content (AvgIpc) is 2.81. The van der Waals surface area contributed by atoms with E-state index in [1.807, 2.05) is 0 Å². The molecule has 2 aromatic rings. The van der Waals surface area contributed by atoms with Gasteiger partial charge in [-0.2, -0.15) is 8.75 Å². The fourth-order valence-corrected chi connectivity index (χ4v) is 1.84. The van der Waals surface area contributed by atoms with Crippen LogP contribution < -0.4 is 0 Å². The molecule has 88 valence electrons. The molecule has 4 nitrogen and oxygen atoms in total. The average molecular weight is 251 g/mol. The number of halogens is 1. The van der Waals surface area contributed by atoms with Crippen LogP contribution in [0.25, 0.3) is 0 Å². The van der Waals surface area contributed by atoms with Crippen molar-refractivity contribution in [3.05, 3.63) is 47.5 Å². The minimum absolute atomic E-state index is 0.219. The monoisotopic (exact) mass is 251 g/mol. The molecule has 0 bridgehead atoms. The van der Waals surface area contributed by atoms with Crippen molar-refractivity contribution in [2.75, 3.05) is 7.05 Å². The zero-order chi connectivity index (χ0) is 12.3. The maximum atomic E-state index is 13.0. The Labute approximate surface area is 102 Å². The topological polar surface area (TPSA) is 46.1 Å². The molecular weight excluding hydrogens is 241 g/mol. The molecule has 1 amide bonds. The number of rotatable bonds is 3. The first-order valence-electron chi connectivity index (χ1n) is 4.94. The molecule has 0 saturated heterocycles. The van der Waals surface area contributed by atoms with Gasteiger partial charge >= 0.3 is 0 Å². The summed E-state index contributed by atoms with van der Waals surface area (Å²) >= 11 is 0.987. The van der Waals surface area contributed by atoms with Gasteiger partial charge in [-0.1, -0.05) is 12.1 Å². The van der Waals surface area contributed by atoms with Crippen LogP contribution in [0.3, 0.4) is 0 Å². The maximum Gasteiger partial charge on any atom is 0.275 e. The lowest BCUT2D eigenvalue weighted by atomic mass is 10.2. The molecule has 0 atom stereocenters. The molecule has 6 heteroatoms. The van der Waals surface area contributed by atoms with E-state index >= 15 is 0 Å². The van der Waals surface area contributed by atoms with E-state index in [9.17, 15) is 9.18 Å². The molecule has 1 aromatic carbocycles. The van der Waals surface area contributed by atoms with Gasteiger partial charge < -0.3 is 4.90 Å². The first-order chi connectivity index (χ1) is 8.16.